The van der Waals surface area contributed by atoms with Crippen LogP contribution in [0, 0.1) is 11.3 Å². The van der Waals surface area contributed by atoms with Crippen molar-refractivity contribution in [2.75, 3.05) is 13.2 Å². The minimum absolute atomic E-state index is 0.267. The molecule has 2 heterocycles. The lowest BCUT2D eigenvalue weighted by atomic mass is 9.75. The first-order valence-electron chi connectivity index (χ1n) is 6.67. The van der Waals surface area contributed by atoms with E-state index in [0.29, 0.717) is 6.10 Å². The molecule has 2 nitrogen and oxygen atoms in total. The van der Waals surface area contributed by atoms with Crippen molar-refractivity contribution in [1.29, 1.82) is 0 Å². The monoisotopic (exact) mass is 251 g/mol. The van der Waals surface area contributed by atoms with Gasteiger partial charge in [0.2, 0.25) is 0 Å². The van der Waals surface area contributed by atoms with Gasteiger partial charge in [-0.1, -0.05) is 0 Å². The molecule has 1 aromatic rings. The van der Waals surface area contributed by atoms with E-state index in [1.54, 1.807) is 11.3 Å². The molecule has 1 aliphatic heterocycles. The predicted octanol–water partition coefficient (Wildman–Crippen LogP) is 2.82. The summed E-state index contributed by atoms with van der Waals surface area (Å²) in [6, 6.07) is 2.23. The van der Waals surface area contributed by atoms with Crippen molar-refractivity contribution >= 4 is 11.3 Å². The van der Waals surface area contributed by atoms with Gasteiger partial charge in [-0.3, -0.25) is 0 Å². The van der Waals surface area contributed by atoms with Gasteiger partial charge in [-0.05, 0) is 60.4 Å². The van der Waals surface area contributed by atoms with Gasteiger partial charge in [-0.15, -0.1) is 0 Å². The smallest absolute Gasteiger partial charge is 0.0672 e. The third kappa shape index (κ3) is 2.28. The standard InChI is InChI=1S/C14H21NOS/c15-10-14(5-3-11-4-8-17-9-11)6-7-16-13(14)12-1-2-12/h4,8-9,12-13H,1-3,5-7,10,15H2. The summed E-state index contributed by atoms with van der Waals surface area (Å²) < 4.78 is 5.98. The second-order valence-corrected chi connectivity index (χ2v) is 6.36. The highest BCUT2D eigenvalue weighted by atomic mass is 32.1. The molecule has 94 valence electrons. The van der Waals surface area contributed by atoms with Crippen LogP contribution in [0.1, 0.15) is 31.2 Å². The quantitative estimate of drug-likeness (QED) is 0.873. The summed E-state index contributed by atoms with van der Waals surface area (Å²) in [7, 11) is 0. The molecule has 1 aromatic heterocycles. The Labute approximate surface area is 107 Å². The van der Waals surface area contributed by atoms with Crippen LogP contribution in [0.4, 0.5) is 0 Å². The van der Waals surface area contributed by atoms with E-state index >= 15 is 0 Å². The van der Waals surface area contributed by atoms with Crippen LogP contribution in [-0.2, 0) is 11.2 Å². The summed E-state index contributed by atoms with van der Waals surface area (Å²) >= 11 is 1.79. The average Bonchev–Trinajstić information content (AvgIpc) is 2.92. The van der Waals surface area contributed by atoms with Crippen LogP contribution in [0.15, 0.2) is 16.8 Å². The number of thiophene rings is 1. The van der Waals surface area contributed by atoms with Gasteiger partial charge in [0.05, 0.1) is 6.10 Å². The first-order chi connectivity index (χ1) is 8.34. The van der Waals surface area contributed by atoms with Crippen LogP contribution in [0.5, 0.6) is 0 Å². The average molecular weight is 251 g/mol. The second-order valence-electron chi connectivity index (χ2n) is 5.58. The van der Waals surface area contributed by atoms with Gasteiger partial charge in [-0.2, -0.15) is 11.3 Å². The summed E-state index contributed by atoms with van der Waals surface area (Å²) in [5.41, 5.74) is 7.82. The first kappa shape index (κ1) is 11.7. The number of ether oxygens (including phenoxy) is 1. The van der Waals surface area contributed by atoms with E-state index in [2.05, 4.69) is 16.8 Å². The summed E-state index contributed by atoms with van der Waals surface area (Å²) in [6.45, 7) is 1.71. The van der Waals surface area contributed by atoms with Crippen molar-refractivity contribution in [3.63, 3.8) is 0 Å². The minimum atomic E-state index is 0.267. The van der Waals surface area contributed by atoms with Crippen LogP contribution >= 0.6 is 11.3 Å². The molecule has 0 radical (unpaired) electrons. The third-order valence-electron chi connectivity index (χ3n) is 4.45. The maximum atomic E-state index is 6.09. The lowest BCUT2D eigenvalue weighted by molar-refractivity contribution is 0.0307. The molecular formula is C14H21NOS. The van der Waals surface area contributed by atoms with Gasteiger partial charge in [0.1, 0.15) is 0 Å². The number of aryl methyl sites for hydroxylation is 1. The molecule has 2 fully saturated rings. The van der Waals surface area contributed by atoms with Crippen molar-refractivity contribution in [3.8, 4) is 0 Å². The van der Waals surface area contributed by atoms with Gasteiger partial charge >= 0.3 is 0 Å². The van der Waals surface area contributed by atoms with Crippen molar-refractivity contribution in [2.45, 2.75) is 38.2 Å². The van der Waals surface area contributed by atoms with Crippen LogP contribution < -0.4 is 5.73 Å². The summed E-state index contributed by atoms with van der Waals surface area (Å²) in [5, 5.41) is 4.42. The Morgan fingerprint density at radius 2 is 2.35 bits per heavy atom. The molecule has 2 aliphatic rings. The molecule has 2 N–H and O–H groups in total. The highest BCUT2D eigenvalue weighted by Crippen LogP contribution is 2.49. The Bertz CT molecular complexity index is 360. The van der Waals surface area contributed by atoms with Crippen molar-refractivity contribution < 1.29 is 4.74 Å². The highest BCUT2D eigenvalue weighted by Gasteiger charge is 2.49. The topological polar surface area (TPSA) is 35.2 Å². The first-order valence-corrected chi connectivity index (χ1v) is 7.61. The zero-order valence-corrected chi connectivity index (χ0v) is 11.0. The normalized spacial score (nSPS) is 33.1. The number of nitrogens with two attached hydrogens (primary N) is 1. The van der Waals surface area contributed by atoms with Gasteiger partial charge in [-0.25, -0.2) is 0 Å². The molecule has 0 aromatic carbocycles. The number of hydrogen-bond acceptors (Lipinski definition) is 3. The molecule has 0 spiro atoms. The Balaban J connectivity index is 1.68. The van der Waals surface area contributed by atoms with Crippen LogP contribution in [-0.4, -0.2) is 19.3 Å². The predicted molar refractivity (Wildman–Crippen MR) is 71.2 cm³/mol. The zero-order chi connectivity index (χ0) is 11.7. The van der Waals surface area contributed by atoms with E-state index in [9.17, 15) is 0 Å². The van der Waals surface area contributed by atoms with E-state index < -0.39 is 0 Å². The Hall–Kier alpha value is -0.380. The van der Waals surface area contributed by atoms with Gasteiger partial charge in [0.15, 0.2) is 0 Å². The fourth-order valence-corrected chi connectivity index (χ4v) is 3.86. The van der Waals surface area contributed by atoms with Gasteiger partial charge < -0.3 is 10.5 Å². The minimum Gasteiger partial charge on any atom is -0.377 e. The Morgan fingerprint density at radius 1 is 1.47 bits per heavy atom. The molecule has 1 saturated heterocycles. The largest absolute Gasteiger partial charge is 0.377 e. The summed E-state index contributed by atoms with van der Waals surface area (Å²) in [5.74, 6) is 0.809. The second kappa shape index (κ2) is 4.71. The zero-order valence-electron chi connectivity index (χ0n) is 10.2. The van der Waals surface area contributed by atoms with Crippen LogP contribution in [0.3, 0.4) is 0 Å². The highest BCUT2D eigenvalue weighted by molar-refractivity contribution is 7.07. The van der Waals surface area contributed by atoms with Crippen molar-refractivity contribution in [3.05, 3.63) is 22.4 Å². The SMILES string of the molecule is NCC1(CCc2ccsc2)CCOC1C1CC1. The van der Waals surface area contributed by atoms with E-state index in [1.807, 2.05) is 0 Å². The lowest BCUT2D eigenvalue weighted by Crippen LogP contribution is -2.40. The summed E-state index contributed by atoms with van der Waals surface area (Å²) in [4.78, 5) is 0. The molecule has 0 bridgehead atoms. The lowest BCUT2D eigenvalue weighted by Gasteiger charge is -2.33. The number of hydrogen-bond donors (Lipinski definition) is 1. The van der Waals surface area contributed by atoms with Crippen LogP contribution in [0.25, 0.3) is 0 Å². The van der Waals surface area contributed by atoms with E-state index in [4.69, 9.17) is 10.5 Å². The molecule has 3 heteroatoms. The molecule has 3 rings (SSSR count). The molecule has 2 unspecified atom stereocenters. The maximum absolute atomic E-state index is 6.09. The van der Waals surface area contributed by atoms with Gasteiger partial charge in [0, 0.05) is 18.6 Å². The Kier molecular flexibility index (Phi) is 3.24. The Morgan fingerprint density at radius 3 is 3.00 bits per heavy atom. The molecule has 2 atom stereocenters. The number of rotatable bonds is 5. The fraction of sp³-hybridized carbons (Fsp3) is 0.714. The fourth-order valence-electron chi connectivity index (χ4n) is 3.16. The summed E-state index contributed by atoms with van der Waals surface area (Å²) in [6.07, 6.45) is 6.67. The van der Waals surface area contributed by atoms with E-state index in [-0.39, 0.29) is 5.41 Å². The van der Waals surface area contributed by atoms with E-state index in [1.165, 1.54) is 24.8 Å². The third-order valence-corrected chi connectivity index (χ3v) is 5.18. The van der Waals surface area contributed by atoms with E-state index in [0.717, 1.165) is 31.9 Å². The van der Waals surface area contributed by atoms with Crippen molar-refractivity contribution in [1.82, 2.24) is 0 Å². The van der Waals surface area contributed by atoms with Crippen LogP contribution in [0.2, 0.25) is 0 Å². The molecule has 0 amide bonds. The van der Waals surface area contributed by atoms with Crippen molar-refractivity contribution in [2.24, 2.45) is 17.1 Å². The molecule has 17 heavy (non-hydrogen) atoms. The molecule has 1 aliphatic carbocycles. The molecular weight excluding hydrogens is 230 g/mol. The van der Waals surface area contributed by atoms with Gasteiger partial charge in [0.25, 0.3) is 0 Å². The maximum Gasteiger partial charge on any atom is 0.0672 e. The molecule has 1 saturated carbocycles.